The van der Waals surface area contributed by atoms with Gasteiger partial charge in [-0.15, -0.1) is 0 Å². The van der Waals surface area contributed by atoms with Gasteiger partial charge in [0.15, 0.2) is 6.61 Å². The molecule has 0 aromatic heterocycles. The maximum atomic E-state index is 12.4. The van der Waals surface area contributed by atoms with Gasteiger partial charge in [0.05, 0.1) is 12.5 Å². The molecule has 7 nitrogen and oxygen atoms in total. The van der Waals surface area contributed by atoms with Crippen LogP contribution in [0.1, 0.15) is 42.9 Å². The van der Waals surface area contributed by atoms with E-state index in [-0.39, 0.29) is 18.2 Å². The van der Waals surface area contributed by atoms with Crippen molar-refractivity contribution in [3.05, 3.63) is 93.8 Å². The Morgan fingerprint density at radius 1 is 1.11 bits per heavy atom. The molecular weight excluding hydrogens is 504 g/mol. The summed E-state index contributed by atoms with van der Waals surface area (Å²) < 4.78 is 22.7. The number of esters is 1. The Bertz CT molecular complexity index is 1410. The van der Waals surface area contributed by atoms with E-state index in [1.165, 1.54) is 0 Å². The summed E-state index contributed by atoms with van der Waals surface area (Å²) in [7, 11) is 0. The van der Waals surface area contributed by atoms with Crippen molar-refractivity contribution in [2.24, 2.45) is 11.7 Å². The molecule has 0 fully saturated rings. The highest BCUT2D eigenvalue weighted by Crippen LogP contribution is 2.44. The van der Waals surface area contributed by atoms with Gasteiger partial charge in [-0.25, -0.2) is 4.79 Å². The van der Waals surface area contributed by atoms with Gasteiger partial charge in [-0.1, -0.05) is 43.6 Å². The van der Waals surface area contributed by atoms with E-state index >= 15 is 0 Å². The zero-order valence-electron chi connectivity index (χ0n) is 21.5. The number of aryl methyl sites for hydroxylation is 1. The van der Waals surface area contributed by atoms with E-state index in [9.17, 15) is 10.1 Å². The number of nitrogens with two attached hydrogens (primary N) is 1. The number of allylic oxidation sites excluding steroid dienone is 1. The van der Waals surface area contributed by atoms with E-state index < -0.39 is 11.9 Å². The topological polar surface area (TPSA) is 104 Å². The molecule has 0 amide bonds. The monoisotopic (exact) mass is 532 g/mol. The number of ether oxygens (including phenoxy) is 4. The molecule has 196 valence electrons. The van der Waals surface area contributed by atoms with Crippen molar-refractivity contribution in [2.75, 3.05) is 13.2 Å². The Labute approximate surface area is 227 Å². The number of carbonyl (C=O) groups is 1. The highest BCUT2D eigenvalue weighted by Gasteiger charge is 2.31. The first-order valence-electron chi connectivity index (χ1n) is 12.3. The molecule has 1 aliphatic rings. The summed E-state index contributed by atoms with van der Waals surface area (Å²) in [5.74, 6) is 1.41. The highest BCUT2D eigenvalue weighted by molar-refractivity contribution is 6.30. The van der Waals surface area contributed by atoms with E-state index in [4.69, 9.17) is 36.3 Å². The Morgan fingerprint density at radius 2 is 1.92 bits per heavy atom. The summed E-state index contributed by atoms with van der Waals surface area (Å²) in [6.45, 7) is 6.44. The summed E-state index contributed by atoms with van der Waals surface area (Å²) in [5, 5.41) is 10.4. The van der Waals surface area contributed by atoms with Crippen LogP contribution in [0, 0.1) is 24.2 Å². The van der Waals surface area contributed by atoms with Crippen LogP contribution in [0.15, 0.2) is 72.1 Å². The first-order valence-corrected chi connectivity index (χ1v) is 12.7. The third-order valence-electron chi connectivity index (χ3n) is 6.06. The van der Waals surface area contributed by atoms with Crippen LogP contribution >= 0.6 is 11.6 Å². The Kier molecular flexibility index (Phi) is 8.45. The fourth-order valence-corrected chi connectivity index (χ4v) is 4.34. The second kappa shape index (κ2) is 11.9. The fourth-order valence-electron chi connectivity index (χ4n) is 4.11. The molecule has 0 spiro atoms. The Morgan fingerprint density at radius 3 is 2.66 bits per heavy atom. The van der Waals surface area contributed by atoms with Gasteiger partial charge in [0.2, 0.25) is 5.88 Å². The second-order valence-corrected chi connectivity index (χ2v) is 9.84. The van der Waals surface area contributed by atoms with Crippen molar-refractivity contribution in [1.82, 2.24) is 0 Å². The predicted octanol–water partition coefficient (Wildman–Crippen LogP) is 6.28. The maximum Gasteiger partial charge on any atom is 0.349 e. The number of rotatable bonds is 9. The van der Waals surface area contributed by atoms with E-state index in [1.54, 1.807) is 36.4 Å². The van der Waals surface area contributed by atoms with Crippen molar-refractivity contribution < 1.29 is 23.7 Å². The zero-order chi connectivity index (χ0) is 27.2. The largest absolute Gasteiger partial charge is 0.494 e. The lowest BCUT2D eigenvalue weighted by Gasteiger charge is -2.27. The van der Waals surface area contributed by atoms with Gasteiger partial charge in [0.1, 0.15) is 34.6 Å². The number of nitrogens with zero attached hydrogens (tertiary/aromatic N) is 1. The Balaban J connectivity index is 1.52. The lowest BCUT2D eigenvalue weighted by molar-refractivity contribution is -0.136. The van der Waals surface area contributed by atoms with Crippen LogP contribution in [-0.2, 0) is 4.79 Å². The molecule has 0 bridgehead atoms. The van der Waals surface area contributed by atoms with Crippen LogP contribution in [0.5, 0.6) is 23.0 Å². The minimum Gasteiger partial charge on any atom is -0.494 e. The van der Waals surface area contributed by atoms with E-state index in [2.05, 4.69) is 19.9 Å². The number of halogens is 1. The first-order chi connectivity index (χ1) is 18.2. The summed E-state index contributed by atoms with van der Waals surface area (Å²) in [6.07, 6.45) is 0.937. The van der Waals surface area contributed by atoms with Crippen LogP contribution in [0.4, 0.5) is 0 Å². The summed E-state index contributed by atoms with van der Waals surface area (Å²) >= 11 is 5.97. The third kappa shape index (κ3) is 6.39. The van der Waals surface area contributed by atoms with Crippen molar-refractivity contribution >= 4 is 17.6 Å². The van der Waals surface area contributed by atoms with Crippen molar-refractivity contribution in [1.29, 1.82) is 5.26 Å². The Hall–Kier alpha value is -4.15. The van der Waals surface area contributed by atoms with Gasteiger partial charge in [0, 0.05) is 16.7 Å². The minimum absolute atomic E-state index is 0.00107. The van der Waals surface area contributed by atoms with Crippen molar-refractivity contribution in [3.8, 4) is 29.1 Å². The van der Waals surface area contributed by atoms with Crippen LogP contribution in [-0.4, -0.2) is 19.2 Å². The van der Waals surface area contributed by atoms with E-state index in [0.717, 1.165) is 23.1 Å². The molecular formula is C30H29ClN2O5. The molecule has 0 aliphatic carbocycles. The molecule has 4 rings (SSSR count). The number of carbonyl (C=O) groups excluding carboxylic acids is 1. The van der Waals surface area contributed by atoms with Crippen LogP contribution in [0.25, 0.3) is 0 Å². The quantitative estimate of drug-likeness (QED) is 0.255. The SMILES string of the molecule is Cc1cc(Cl)ccc1OCC(=O)Oc1ccc2c(c1)OC(N)=C(C#N)C2c1cccc(OCCC(C)C)c1. The standard InChI is InChI=1S/C30H29ClN2O5/c1-18(2)11-12-35-22-6-4-5-20(14-22)29-24-9-8-23(15-27(24)38-30(33)25(29)16-32)37-28(34)17-36-26-10-7-21(31)13-19(26)3/h4-10,13-15,18,29H,11-12,17,33H2,1-3H3. The lowest BCUT2D eigenvalue weighted by atomic mass is 9.83. The smallest absolute Gasteiger partial charge is 0.349 e. The van der Waals surface area contributed by atoms with E-state index in [0.29, 0.717) is 40.4 Å². The van der Waals surface area contributed by atoms with Crippen LogP contribution in [0.3, 0.4) is 0 Å². The van der Waals surface area contributed by atoms with Crippen LogP contribution in [0.2, 0.25) is 5.02 Å². The molecule has 0 saturated heterocycles. The molecule has 1 aliphatic heterocycles. The fraction of sp³-hybridized carbons (Fsp3) is 0.267. The third-order valence-corrected chi connectivity index (χ3v) is 6.30. The number of fused-ring (bicyclic) bond motifs is 1. The molecule has 1 atom stereocenters. The molecule has 0 radical (unpaired) electrons. The number of hydrogen-bond donors (Lipinski definition) is 1. The molecule has 3 aromatic rings. The first kappa shape index (κ1) is 26.9. The molecule has 38 heavy (non-hydrogen) atoms. The normalized spacial score (nSPS) is 14.4. The molecule has 3 aromatic carbocycles. The van der Waals surface area contributed by atoms with Gasteiger partial charge >= 0.3 is 5.97 Å². The number of hydrogen-bond acceptors (Lipinski definition) is 7. The molecule has 1 unspecified atom stereocenters. The summed E-state index contributed by atoms with van der Waals surface area (Å²) in [5.41, 5.74) is 8.81. The number of benzene rings is 3. The van der Waals surface area contributed by atoms with Gasteiger partial charge in [-0.3, -0.25) is 0 Å². The zero-order valence-corrected chi connectivity index (χ0v) is 22.2. The molecule has 2 N–H and O–H groups in total. The van der Waals surface area contributed by atoms with Gasteiger partial charge in [-0.2, -0.15) is 5.26 Å². The van der Waals surface area contributed by atoms with Gasteiger partial charge in [-0.05, 0) is 66.8 Å². The molecule has 8 heteroatoms. The minimum atomic E-state index is -0.584. The summed E-state index contributed by atoms with van der Waals surface area (Å²) in [4.78, 5) is 12.4. The number of nitriles is 1. The van der Waals surface area contributed by atoms with E-state index in [1.807, 2.05) is 31.2 Å². The predicted molar refractivity (Wildman–Crippen MR) is 144 cm³/mol. The van der Waals surface area contributed by atoms with Crippen molar-refractivity contribution in [3.63, 3.8) is 0 Å². The molecule has 1 heterocycles. The average molecular weight is 533 g/mol. The second-order valence-electron chi connectivity index (χ2n) is 9.40. The van der Waals surface area contributed by atoms with Gasteiger partial charge < -0.3 is 24.7 Å². The highest BCUT2D eigenvalue weighted by atomic mass is 35.5. The van der Waals surface area contributed by atoms with Crippen LogP contribution < -0.4 is 24.7 Å². The maximum absolute atomic E-state index is 12.4. The lowest BCUT2D eigenvalue weighted by Crippen LogP contribution is -2.22. The average Bonchev–Trinajstić information content (AvgIpc) is 2.87. The van der Waals surface area contributed by atoms with Crippen molar-refractivity contribution in [2.45, 2.75) is 33.1 Å². The van der Waals surface area contributed by atoms with Gasteiger partial charge in [0.25, 0.3) is 0 Å². The summed E-state index contributed by atoms with van der Waals surface area (Å²) in [6, 6.07) is 19.9. The molecule has 0 saturated carbocycles.